The maximum Gasteiger partial charge on any atom is 0.387 e. The first-order valence-electron chi connectivity index (χ1n) is 7.74. The highest BCUT2D eigenvalue weighted by molar-refractivity contribution is 7.13. The molecule has 26 heavy (non-hydrogen) atoms. The van der Waals surface area contributed by atoms with E-state index in [2.05, 4.69) is 20.4 Å². The van der Waals surface area contributed by atoms with Crippen LogP contribution in [0.3, 0.4) is 0 Å². The van der Waals surface area contributed by atoms with Gasteiger partial charge in [-0.2, -0.15) is 8.78 Å². The first-order chi connectivity index (χ1) is 12.1. The van der Waals surface area contributed by atoms with Crippen LogP contribution in [0.2, 0.25) is 0 Å². The van der Waals surface area contributed by atoms with Gasteiger partial charge in [-0.05, 0) is 18.2 Å². The van der Waals surface area contributed by atoms with Crippen LogP contribution in [0, 0.1) is 0 Å². The van der Waals surface area contributed by atoms with Gasteiger partial charge in [-0.15, -0.1) is 11.3 Å². The van der Waals surface area contributed by atoms with E-state index in [0.29, 0.717) is 5.13 Å². The summed E-state index contributed by atoms with van der Waals surface area (Å²) in [6, 6.07) is 5.33. The van der Waals surface area contributed by atoms with Crippen LogP contribution in [0.25, 0.3) is 0 Å². The van der Waals surface area contributed by atoms with Gasteiger partial charge in [-0.25, -0.2) is 4.98 Å². The van der Waals surface area contributed by atoms with Crippen molar-refractivity contribution < 1.29 is 23.1 Å². The lowest BCUT2D eigenvalue weighted by Crippen LogP contribution is -2.32. The number of nitrogens with zero attached hydrogens (tertiary/aromatic N) is 1. The summed E-state index contributed by atoms with van der Waals surface area (Å²) in [5, 5.41) is 7.34. The van der Waals surface area contributed by atoms with Crippen LogP contribution in [0.5, 0.6) is 5.75 Å². The van der Waals surface area contributed by atoms with Gasteiger partial charge in [0, 0.05) is 16.4 Å². The number of rotatable bonds is 6. The van der Waals surface area contributed by atoms with E-state index in [1.165, 1.54) is 35.6 Å². The van der Waals surface area contributed by atoms with Gasteiger partial charge in [0.25, 0.3) is 5.91 Å². The second-order valence-corrected chi connectivity index (χ2v) is 7.28. The molecule has 0 saturated heterocycles. The Morgan fingerprint density at radius 2 is 2.04 bits per heavy atom. The molecule has 0 saturated carbocycles. The SMILES string of the molecule is CC(C)(C)c1csc(NC(=O)CNC(=O)c2cccc(OC(F)F)c2)n1. The predicted molar refractivity (Wildman–Crippen MR) is 94.9 cm³/mol. The summed E-state index contributed by atoms with van der Waals surface area (Å²) in [5.74, 6) is -1.14. The number of carbonyl (C=O) groups is 2. The van der Waals surface area contributed by atoms with Crippen molar-refractivity contribution in [3.63, 3.8) is 0 Å². The van der Waals surface area contributed by atoms with Crippen LogP contribution in [0.4, 0.5) is 13.9 Å². The average Bonchev–Trinajstić information content (AvgIpc) is 3.01. The smallest absolute Gasteiger partial charge is 0.387 e. The Bertz CT molecular complexity index is 788. The number of anilines is 1. The van der Waals surface area contributed by atoms with Gasteiger partial charge in [-0.1, -0.05) is 26.8 Å². The maximum absolute atomic E-state index is 12.2. The highest BCUT2D eigenvalue weighted by Crippen LogP contribution is 2.26. The molecule has 0 fully saturated rings. The van der Waals surface area contributed by atoms with Gasteiger partial charge in [0.05, 0.1) is 12.2 Å². The van der Waals surface area contributed by atoms with Gasteiger partial charge in [0.15, 0.2) is 5.13 Å². The van der Waals surface area contributed by atoms with E-state index in [4.69, 9.17) is 0 Å². The third-order valence-electron chi connectivity index (χ3n) is 3.25. The zero-order valence-corrected chi connectivity index (χ0v) is 15.3. The van der Waals surface area contributed by atoms with E-state index in [0.717, 1.165) is 5.69 Å². The lowest BCUT2D eigenvalue weighted by molar-refractivity contribution is -0.115. The summed E-state index contributed by atoms with van der Waals surface area (Å²) in [7, 11) is 0. The van der Waals surface area contributed by atoms with Gasteiger partial charge in [0.1, 0.15) is 5.75 Å². The van der Waals surface area contributed by atoms with E-state index in [1.54, 1.807) is 0 Å². The summed E-state index contributed by atoms with van der Waals surface area (Å²) in [6.07, 6.45) is 0. The van der Waals surface area contributed by atoms with Crippen LogP contribution in [-0.4, -0.2) is 30.0 Å². The molecule has 2 rings (SSSR count). The zero-order valence-electron chi connectivity index (χ0n) is 14.5. The number of thiazole rings is 1. The number of amides is 2. The van der Waals surface area contributed by atoms with Crippen LogP contribution in [-0.2, 0) is 10.2 Å². The molecule has 0 radical (unpaired) electrons. The number of alkyl halides is 2. The first kappa shape index (κ1) is 19.8. The molecule has 1 aromatic carbocycles. The molecule has 0 aliphatic carbocycles. The monoisotopic (exact) mass is 383 g/mol. The Morgan fingerprint density at radius 1 is 1.31 bits per heavy atom. The first-order valence-corrected chi connectivity index (χ1v) is 8.62. The summed E-state index contributed by atoms with van der Waals surface area (Å²) in [5.41, 5.74) is 0.844. The highest BCUT2D eigenvalue weighted by atomic mass is 32.1. The van der Waals surface area contributed by atoms with Crippen molar-refractivity contribution in [2.75, 3.05) is 11.9 Å². The summed E-state index contributed by atoms with van der Waals surface area (Å²) >= 11 is 1.30. The third kappa shape index (κ3) is 5.76. The largest absolute Gasteiger partial charge is 0.435 e. The number of ether oxygens (including phenoxy) is 1. The lowest BCUT2D eigenvalue weighted by Gasteiger charge is -2.14. The van der Waals surface area contributed by atoms with Gasteiger partial charge in [0.2, 0.25) is 5.91 Å². The highest BCUT2D eigenvalue weighted by Gasteiger charge is 2.18. The minimum Gasteiger partial charge on any atom is -0.435 e. The average molecular weight is 383 g/mol. The fraction of sp³-hybridized carbons (Fsp3) is 0.353. The normalized spacial score (nSPS) is 11.3. The molecule has 6 nitrogen and oxygen atoms in total. The van der Waals surface area contributed by atoms with Gasteiger partial charge < -0.3 is 15.4 Å². The second kappa shape index (κ2) is 8.22. The fourth-order valence-electron chi connectivity index (χ4n) is 1.92. The van der Waals surface area contributed by atoms with Crippen molar-refractivity contribution in [2.45, 2.75) is 32.8 Å². The molecule has 0 aliphatic heterocycles. The predicted octanol–water partition coefficient (Wildman–Crippen LogP) is 3.41. The van der Waals surface area contributed by atoms with E-state index in [9.17, 15) is 18.4 Å². The summed E-state index contributed by atoms with van der Waals surface area (Å²) in [6.45, 7) is 2.79. The van der Waals surface area contributed by atoms with Crippen LogP contribution < -0.4 is 15.4 Å². The molecule has 1 aromatic heterocycles. The number of halogens is 2. The topological polar surface area (TPSA) is 80.3 Å². The Balaban J connectivity index is 1.89. The molecular weight excluding hydrogens is 364 g/mol. The fourth-order valence-corrected chi connectivity index (χ4v) is 2.87. The number of nitrogens with one attached hydrogen (secondary N) is 2. The Morgan fingerprint density at radius 3 is 2.65 bits per heavy atom. The van der Waals surface area contributed by atoms with E-state index in [-0.39, 0.29) is 23.3 Å². The number of hydrogen-bond acceptors (Lipinski definition) is 5. The molecule has 0 unspecified atom stereocenters. The molecule has 0 atom stereocenters. The Labute approximate surface area is 153 Å². The zero-order chi connectivity index (χ0) is 19.3. The van der Waals surface area contributed by atoms with Crippen molar-refractivity contribution in [3.05, 3.63) is 40.9 Å². The number of benzene rings is 1. The molecular formula is C17H19F2N3O3S. The van der Waals surface area contributed by atoms with E-state index < -0.39 is 18.4 Å². The molecule has 9 heteroatoms. The third-order valence-corrected chi connectivity index (χ3v) is 4.01. The second-order valence-electron chi connectivity index (χ2n) is 6.43. The molecule has 2 amide bonds. The lowest BCUT2D eigenvalue weighted by atomic mass is 9.93. The molecule has 2 N–H and O–H groups in total. The number of carbonyl (C=O) groups excluding carboxylic acids is 2. The van der Waals surface area contributed by atoms with Crippen molar-refractivity contribution in [1.29, 1.82) is 0 Å². The molecule has 140 valence electrons. The quantitative estimate of drug-likeness (QED) is 0.801. The molecule has 2 aromatic rings. The molecule has 0 aliphatic rings. The summed E-state index contributed by atoms with van der Waals surface area (Å²) in [4.78, 5) is 28.3. The van der Waals surface area contributed by atoms with E-state index in [1.807, 2.05) is 26.2 Å². The van der Waals surface area contributed by atoms with Crippen LogP contribution >= 0.6 is 11.3 Å². The molecule has 1 heterocycles. The van der Waals surface area contributed by atoms with Crippen LogP contribution in [0.1, 0.15) is 36.8 Å². The number of aromatic nitrogens is 1. The van der Waals surface area contributed by atoms with Crippen molar-refractivity contribution >= 4 is 28.3 Å². The Hall–Kier alpha value is -2.55. The maximum atomic E-state index is 12.2. The Kier molecular flexibility index (Phi) is 6.25. The minimum absolute atomic E-state index is 0.111. The van der Waals surface area contributed by atoms with Crippen LogP contribution in [0.15, 0.2) is 29.6 Å². The van der Waals surface area contributed by atoms with Crippen molar-refractivity contribution in [1.82, 2.24) is 10.3 Å². The molecule has 0 bridgehead atoms. The standard InChI is InChI=1S/C17H19F2N3O3S/c1-17(2,3)12-9-26-16(21-12)22-13(23)8-20-14(24)10-5-4-6-11(7-10)25-15(18)19/h4-7,9,15H,8H2,1-3H3,(H,20,24)(H,21,22,23). The minimum atomic E-state index is -2.98. The summed E-state index contributed by atoms with van der Waals surface area (Å²) < 4.78 is 28.7. The van der Waals surface area contributed by atoms with Crippen molar-refractivity contribution in [3.8, 4) is 5.75 Å². The van der Waals surface area contributed by atoms with E-state index >= 15 is 0 Å². The van der Waals surface area contributed by atoms with Gasteiger partial charge >= 0.3 is 6.61 Å². The van der Waals surface area contributed by atoms with Crippen molar-refractivity contribution in [2.24, 2.45) is 0 Å². The molecule has 0 spiro atoms. The number of hydrogen-bond donors (Lipinski definition) is 2. The van der Waals surface area contributed by atoms with Gasteiger partial charge in [-0.3, -0.25) is 9.59 Å².